The summed E-state index contributed by atoms with van der Waals surface area (Å²) in [7, 11) is 0. The number of carbonyl (C=O) groups is 1. The Hall–Kier alpha value is -1.37. The van der Waals surface area contributed by atoms with Crippen molar-refractivity contribution in [3.8, 4) is 0 Å². The minimum atomic E-state index is -0.424. The van der Waals surface area contributed by atoms with Gasteiger partial charge in [0.25, 0.3) is 0 Å². The number of rotatable bonds is 4. The Kier molecular flexibility index (Phi) is 5.03. The van der Waals surface area contributed by atoms with Gasteiger partial charge < -0.3 is 15.0 Å². The molecule has 1 aromatic rings. The standard InChI is InChI=1S/C14H24N4O2S/c1-10-16-12(21-17-10)15-7-5-11-6-8-18(9-11)13(19)20-14(2,3)4/h11H,5-9H2,1-4H3,(H,15,16,17). The molecule has 1 unspecified atom stereocenters. The molecular weight excluding hydrogens is 288 g/mol. The van der Waals surface area contributed by atoms with Crippen LogP contribution in [0.4, 0.5) is 9.93 Å². The van der Waals surface area contributed by atoms with Gasteiger partial charge in [-0.05, 0) is 46.5 Å². The van der Waals surface area contributed by atoms with Crippen molar-refractivity contribution in [1.82, 2.24) is 14.3 Å². The second-order valence-electron chi connectivity index (χ2n) is 6.44. The molecule has 0 radical (unpaired) electrons. The van der Waals surface area contributed by atoms with E-state index in [4.69, 9.17) is 4.74 Å². The van der Waals surface area contributed by atoms with Crippen molar-refractivity contribution >= 4 is 22.8 Å². The third-order valence-electron chi connectivity index (χ3n) is 3.29. The molecule has 0 bridgehead atoms. The normalized spacial score (nSPS) is 18.9. The van der Waals surface area contributed by atoms with Crippen LogP contribution < -0.4 is 5.32 Å². The van der Waals surface area contributed by atoms with Crippen molar-refractivity contribution in [2.45, 2.75) is 46.1 Å². The van der Waals surface area contributed by atoms with Gasteiger partial charge in [0.1, 0.15) is 11.4 Å². The first-order valence-corrected chi connectivity index (χ1v) is 8.13. The second kappa shape index (κ2) is 6.60. The summed E-state index contributed by atoms with van der Waals surface area (Å²) in [6.45, 7) is 10.0. The van der Waals surface area contributed by atoms with Crippen LogP contribution in [0.5, 0.6) is 0 Å². The number of hydrogen-bond acceptors (Lipinski definition) is 6. The van der Waals surface area contributed by atoms with Gasteiger partial charge in [-0.3, -0.25) is 0 Å². The Labute approximate surface area is 130 Å². The van der Waals surface area contributed by atoms with Gasteiger partial charge in [-0.15, -0.1) is 0 Å². The van der Waals surface area contributed by atoms with E-state index < -0.39 is 5.60 Å². The van der Waals surface area contributed by atoms with Gasteiger partial charge in [0.2, 0.25) is 5.13 Å². The number of ether oxygens (including phenoxy) is 1. The van der Waals surface area contributed by atoms with Crippen LogP contribution in [0.2, 0.25) is 0 Å². The van der Waals surface area contributed by atoms with Gasteiger partial charge in [-0.25, -0.2) is 9.78 Å². The zero-order chi connectivity index (χ0) is 15.5. The van der Waals surface area contributed by atoms with E-state index in [1.165, 1.54) is 11.5 Å². The molecule has 0 aliphatic carbocycles. The Balaban J connectivity index is 1.69. The van der Waals surface area contributed by atoms with Gasteiger partial charge in [0, 0.05) is 31.2 Å². The molecule has 1 amide bonds. The number of hydrogen-bond donors (Lipinski definition) is 1. The van der Waals surface area contributed by atoms with Crippen LogP contribution in [0.3, 0.4) is 0 Å². The first-order valence-electron chi connectivity index (χ1n) is 7.35. The Bertz CT molecular complexity index is 484. The summed E-state index contributed by atoms with van der Waals surface area (Å²) in [4.78, 5) is 18.1. The van der Waals surface area contributed by atoms with Crippen LogP contribution in [-0.2, 0) is 4.74 Å². The summed E-state index contributed by atoms with van der Waals surface area (Å²) in [5, 5.41) is 4.15. The van der Waals surface area contributed by atoms with Crippen molar-refractivity contribution in [1.29, 1.82) is 0 Å². The second-order valence-corrected chi connectivity index (χ2v) is 7.20. The van der Waals surface area contributed by atoms with E-state index in [1.807, 2.05) is 32.6 Å². The molecule has 0 spiro atoms. The van der Waals surface area contributed by atoms with Gasteiger partial charge in [0.05, 0.1) is 0 Å². The number of nitrogens with one attached hydrogen (secondary N) is 1. The maximum absolute atomic E-state index is 12.0. The van der Waals surface area contributed by atoms with Gasteiger partial charge in [-0.2, -0.15) is 4.37 Å². The molecule has 0 aromatic carbocycles. The minimum Gasteiger partial charge on any atom is -0.444 e. The van der Waals surface area contributed by atoms with E-state index in [0.29, 0.717) is 5.92 Å². The summed E-state index contributed by atoms with van der Waals surface area (Å²) < 4.78 is 9.54. The molecule has 1 saturated heterocycles. The summed E-state index contributed by atoms with van der Waals surface area (Å²) in [6, 6.07) is 0. The molecule has 1 fully saturated rings. The first-order chi connectivity index (χ1) is 9.83. The fourth-order valence-corrected chi connectivity index (χ4v) is 2.91. The van der Waals surface area contributed by atoms with Gasteiger partial charge >= 0.3 is 6.09 Å². The van der Waals surface area contributed by atoms with Crippen LogP contribution in [-0.4, -0.2) is 45.6 Å². The monoisotopic (exact) mass is 312 g/mol. The summed E-state index contributed by atoms with van der Waals surface area (Å²) in [5.74, 6) is 1.33. The highest BCUT2D eigenvalue weighted by molar-refractivity contribution is 7.09. The molecule has 6 nitrogen and oxygen atoms in total. The molecule has 1 aromatic heterocycles. The summed E-state index contributed by atoms with van der Waals surface area (Å²) in [6.07, 6.45) is 1.87. The minimum absolute atomic E-state index is 0.197. The van der Waals surface area contributed by atoms with Crippen molar-refractivity contribution in [3.05, 3.63) is 5.82 Å². The quantitative estimate of drug-likeness (QED) is 0.926. The number of carbonyl (C=O) groups excluding carboxylic acids is 1. The number of amides is 1. The zero-order valence-electron chi connectivity index (χ0n) is 13.2. The number of aryl methyl sites for hydroxylation is 1. The highest BCUT2D eigenvalue weighted by Gasteiger charge is 2.29. The van der Waals surface area contributed by atoms with E-state index in [0.717, 1.165) is 43.4 Å². The molecule has 2 rings (SSSR count). The molecule has 21 heavy (non-hydrogen) atoms. The highest BCUT2D eigenvalue weighted by atomic mass is 32.1. The van der Waals surface area contributed by atoms with E-state index in [1.54, 1.807) is 0 Å². The average Bonchev–Trinajstić information content (AvgIpc) is 2.97. The third-order valence-corrected chi connectivity index (χ3v) is 4.06. The van der Waals surface area contributed by atoms with Crippen LogP contribution in [0, 0.1) is 12.8 Å². The number of anilines is 1. The molecular formula is C14H24N4O2S. The molecule has 1 aliphatic rings. The fourth-order valence-electron chi connectivity index (χ4n) is 2.31. The summed E-state index contributed by atoms with van der Waals surface area (Å²) in [5.41, 5.74) is -0.424. The van der Waals surface area contributed by atoms with Crippen molar-refractivity contribution < 1.29 is 9.53 Å². The smallest absolute Gasteiger partial charge is 0.410 e. The lowest BCUT2D eigenvalue weighted by Crippen LogP contribution is -2.35. The largest absolute Gasteiger partial charge is 0.444 e. The van der Waals surface area contributed by atoms with Gasteiger partial charge in [-0.1, -0.05) is 0 Å². The van der Waals surface area contributed by atoms with E-state index >= 15 is 0 Å². The van der Waals surface area contributed by atoms with E-state index in [9.17, 15) is 4.79 Å². The van der Waals surface area contributed by atoms with Crippen LogP contribution in [0.1, 0.15) is 39.4 Å². The van der Waals surface area contributed by atoms with Crippen LogP contribution in [0.15, 0.2) is 0 Å². The first kappa shape index (κ1) is 16.0. The van der Waals surface area contributed by atoms with Crippen molar-refractivity contribution in [2.75, 3.05) is 25.0 Å². The Morgan fingerprint density at radius 1 is 1.52 bits per heavy atom. The Morgan fingerprint density at radius 3 is 2.90 bits per heavy atom. The van der Waals surface area contributed by atoms with E-state index in [-0.39, 0.29) is 6.09 Å². The molecule has 118 valence electrons. The lowest BCUT2D eigenvalue weighted by atomic mass is 10.1. The highest BCUT2D eigenvalue weighted by Crippen LogP contribution is 2.22. The van der Waals surface area contributed by atoms with Crippen LogP contribution in [0.25, 0.3) is 0 Å². The lowest BCUT2D eigenvalue weighted by molar-refractivity contribution is 0.0288. The van der Waals surface area contributed by atoms with Crippen molar-refractivity contribution in [3.63, 3.8) is 0 Å². The predicted molar refractivity (Wildman–Crippen MR) is 83.7 cm³/mol. The molecule has 7 heteroatoms. The average molecular weight is 312 g/mol. The Morgan fingerprint density at radius 2 is 2.29 bits per heavy atom. The number of likely N-dealkylation sites (tertiary alicyclic amines) is 1. The molecule has 0 saturated carbocycles. The molecule has 1 atom stereocenters. The SMILES string of the molecule is Cc1nsc(NCCC2CCN(C(=O)OC(C)(C)C)C2)n1. The number of nitrogens with zero attached hydrogens (tertiary/aromatic N) is 3. The fraction of sp³-hybridized carbons (Fsp3) is 0.786. The molecule has 2 heterocycles. The molecule has 1 aliphatic heterocycles. The predicted octanol–water partition coefficient (Wildman–Crippen LogP) is 2.91. The lowest BCUT2D eigenvalue weighted by Gasteiger charge is -2.24. The zero-order valence-corrected chi connectivity index (χ0v) is 14.0. The summed E-state index contributed by atoms with van der Waals surface area (Å²) >= 11 is 1.39. The maximum atomic E-state index is 12.0. The third kappa shape index (κ3) is 5.15. The topological polar surface area (TPSA) is 67.4 Å². The maximum Gasteiger partial charge on any atom is 0.410 e. The molecule has 1 N–H and O–H groups in total. The van der Waals surface area contributed by atoms with E-state index in [2.05, 4.69) is 14.7 Å². The van der Waals surface area contributed by atoms with Crippen LogP contribution >= 0.6 is 11.5 Å². The van der Waals surface area contributed by atoms with Crippen molar-refractivity contribution in [2.24, 2.45) is 5.92 Å². The number of aromatic nitrogens is 2. The van der Waals surface area contributed by atoms with Gasteiger partial charge in [0.15, 0.2) is 0 Å².